The van der Waals surface area contributed by atoms with Gasteiger partial charge in [0.15, 0.2) is 0 Å². The number of unbranched alkanes of at least 4 members (excludes halogenated alkanes) is 1. The van der Waals surface area contributed by atoms with Gasteiger partial charge in [-0.25, -0.2) is 0 Å². The van der Waals surface area contributed by atoms with Crippen LogP contribution in [0.4, 0.5) is 0 Å². The summed E-state index contributed by atoms with van der Waals surface area (Å²) in [5, 5.41) is 55.3. The second-order valence-corrected chi connectivity index (χ2v) is 3.48. The molecule has 0 aliphatic heterocycles. The van der Waals surface area contributed by atoms with Gasteiger partial charge in [-0.1, -0.05) is 0 Å². The smallest absolute Gasteiger partial charge is 0.870 e. The van der Waals surface area contributed by atoms with Crippen molar-refractivity contribution in [1.82, 2.24) is 0 Å². The largest absolute Gasteiger partial charge is 5.00 e. The molecule has 0 bridgehead atoms. The Kier molecular flexibility index (Phi) is 20.3. The molecule has 0 aromatic rings. The van der Waals surface area contributed by atoms with Crippen molar-refractivity contribution < 1.29 is 72.4 Å². The van der Waals surface area contributed by atoms with Gasteiger partial charge in [-0.2, -0.15) is 0 Å². The Morgan fingerprint density at radius 1 is 0.727 bits per heavy atom. The van der Waals surface area contributed by atoms with Crippen LogP contribution in [0.2, 0.25) is 0 Å². The summed E-state index contributed by atoms with van der Waals surface area (Å²) in [6, 6.07) is 0. The van der Waals surface area contributed by atoms with Crippen LogP contribution in [0.3, 0.4) is 0 Å². The van der Waals surface area contributed by atoms with E-state index < -0.39 is 36.1 Å². The molecule has 2 unspecified atom stereocenters. The van der Waals surface area contributed by atoms with E-state index in [1.54, 1.807) is 0 Å². The fourth-order valence-corrected chi connectivity index (χ4v) is 0.796. The predicted octanol–water partition coefficient (Wildman–Crippen LogP) is -6.92. The molecular formula is C10H13FeO11. The quantitative estimate of drug-likeness (QED) is 0.303. The molecule has 0 aromatic carbocycles. The van der Waals surface area contributed by atoms with Crippen molar-refractivity contribution in [3.8, 4) is 0 Å². The molecule has 22 heavy (non-hydrogen) atoms. The van der Waals surface area contributed by atoms with Crippen LogP contribution >= 0.6 is 0 Å². The van der Waals surface area contributed by atoms with Gasteiger partial charge >= 0.3 is 17.1 Å². The van der Waals surface area contributed by atoms with Gasteiger partial charge in [-0.3, -0.25) is 0 Å². The first kappa shape index (κ1) is 28.4. The van der Waals surface area contributed by atoms with Crippen molar-refractivity contribution in [3.63, 3.8) is 0 Å². The number of rotatable bonds is 8. The van der Waals surface area contributed by atoms with Crippen LogP contribution in [-0.2, 0) is 36.2 Å². The van der Waals surface area contributed by atoms with Crippen molar-refractivity contribution in [2.45, 2.75) is 37.9 Å². The van der Waals surface area contributed by atoms with E-state index in [0.717, 1.165) is 0 Å². The third-order valence-electron chi connectivity index (χ3n) is 1.79. The minimum Gasteiger partial charge on any atom is -0.870 e. The average Bonchev–Trinajstić information content (AvgIpc) is 2.32. The molecule has 0 amide bonds. The van der Waals surface area contributed by atoms with Crippen molar-refractivity contribution in [2.24, 2.45) is 0 Å². The van der Waals surface area contributed by atoms with Crippen LogP contribution in [0.5, 0.6) is 0 Å². The van der Waals surface area contributed by atoms with E-state index >= 15 is 0 Å². The van der Waals surface area contributed by atoms with Crippen molar-refractivity contribution in [2.75, 3.05) is 0 Å². The maximum Gasteiger partial charge on any atom is 5.00 e. The van der Waals surface area contributed by atoms with E-state index in [2.05, 4.69) is 0 Å². The fraction of sp³-hybridized carbons (Fsp3) is 0.600. The molecule has 2 atom stereocenters. The maximum atomic E-state index is 9.77. The van der Waals surface area contributed by atoms with E-state index in [9.17, 15) is 39.6 Å². The Labute approximate surface area is 135 Å². The SMILES string of the molecule is O=C([O-])C(O)C(O)C(=O)[O-].O=C([O-])CCCCC(=O)[O-].[Fe+5].[OH-]. The van der Waals surface area contributed by atoms with Gasteiger partial charge in [-0.05, 0) is 25.7 Å². The summed E-state index contributed by atoms with van der Waals surface area (Å²) in [7, 11) is 0. The Morgan fingerprint density at radius 3 is 1.09 bits per heavy atom. The molecule has 0 fully saturated rings. The molecule has 127 valence electrons. The Bertz CT molecular complexity index is 323. The van der Waals surface area contributed by atoms with Gasteiger partial charge in [-0.15, -0.1) is 0 Å². The topological polar surface area (TPSA) is 231 Å². The monoisotopic (exact) mass is 365 g/mol. The maximum absolute atomic E-state index is 9.77. The van der Waals surface area contributed by atoms with Crippen LogP contribution < -0.4 is 20.4 Å². The van der Waals surface area contributed by atoms with Gasteiger partial charge in [0.2, 0.25) is 0 Å². The Morgan fingerprint density at radius 2 is 0.955 bits per heavy atom. The summed E-state index contributed by atoms with van der Waals surface area (Å²) in [5.41, 5.74) is 0. The average molecular weight is 365 g/mol. The molecule has 0 aromatic heterocycles. The first-order chi connectivity index (χ1) is 9.09. The number of hydrogen-bond donors (Lipinski definition) is 2. The second-order valence-electron chi connectivity index (χ2n) is 3.48. The van der Waals surface area contributed by atoms with Crippen molar-refractivity contribution >= 4 is 23.9 Å². The first-order valence-electron chi connectivity index (χ1n) is 5.27. The normalized spacial score (nSPS) is 11.4. The Balaban J connectivity index is -0.000000135. The number of carbonyl (C=O) groups is 4. The van der Waals surface area contributed by atoms with Gasteiger partial charge in [0.25, 0.3) is 0 Å². The molecule has 0 heterocycles. The molecule has 12 heteroatoms. The second kappa shape index (κ2) is 15.7. The summed E-state index contributed by atoms with van der Waals surface area (Å²) >= 11 is 0. The molecule has 0 spiro atoms. The van der Waals surface area contributed by atoms with Gasteiger partial charge in [0.05, 0.1) is 11.9 Å². The van der Waals surface area contributed by atoms with Crippen LogP contribution in [0.1, 0.15) is 25.7 Å². The third-order valence-corrected chi connectivity index (χ3v) is 1.79. The molecular weight excluding hydrogens is 352 g/mol. The Hall–Kier alpha value is -1.72. The van der Waals surface area contributed by atoms with E-state index in [1.807, 2.05) is 0 Å². The van der Waals surface area contributed by atoms with Crippen LogP contribution in [0.25, 0.3) is 0 Å². The van der Waals surface area contributed by atoms with Gasteiger partial charge < -0.3 is 55.3 Å². The standard InChI is InChI=1S/C6H10O4.C4H6O6.Fe.H2O/c7-5(8)3-1-2-4-6(9)10;5-1(3(7)8)2(6)4(9)10;;/h1-4H2,(H,7,8)(H,9,10);1-2,5-6H,(H,7,8)(H,9,10);;1H2/q;;+5;/p-5. The number of carbonyl (C=O) groups excluding carboxylic acids is 4. The van der Waals surface area contributed by atoms with Gasteiger partial charge in [0, 0.05) is 11.9 Å². The van der Waals surface area contributed by atoms with E-state index in [-0.39, 0.29) is 35.4 Å². The zero-order chi connectivity index (χ0) is 16.3. The number of hydrogen-bond acceptors (Lipinski definition) is 11. The summed E-state index contributed by atoms with van der Waals surface area (Å²) in [4.78, 5) is 38.8. The molecule has 0 rings (SSSR count). The zero-order valence-corrected chi connectivity index (χ0v) is 12.0. The van der Waals surface area contributed by atoms with Crippen LogP contribution in [-0.4, -0.2) is 51.8 Å². The molecule has 0 aliphatic rings. The molecule has 0 saturated heterocycles. The number of carboxylic acid groups (broad SMARTS) is 4. The zero-order valence-electron chi connectivity index (χ0n) is 10.9. The van der Waals surface area contributed by atoms with Gasteiger partial charge in [0.1, 0.15) is 12.2 Å². The molecule has 1 radical (unpaired) electrons. The minimum atomic E-state index is -2.44. The van der Waals surface area contributed by atoms with E-state index in [1.165, 1.54) is 0 Å². The summed E-state index contributed by atoms with van der Waals surface area (Å²) in [6.07, 6.45) is -4.34. The number of aliphatic hydroxyl groups excluding tert-OH is 2. The first-order valence-corrected chi connectivity index (χ1v) is 5.27. The van der Waals surface area contributed by atoms with E-state index in [4.69, 9.17) is 10.2 Å². The summed E-state index contributed by atoms with van der Waals surface area (Å²) < 4.78 is 0. The predicted molar refractivity (Wildman–Crippen MR) is 52.4 cm³/mol. The minimum absolute atomic E-state index is 0. The summed E-state index contributed by atoms with van der Waals surface area (Å²) in [6.45, 7) is 0. The van der Waals surface area contributed by atoms with Crippen LogP contribution in [0.15, 0.2) is 0 Å². The molecule has 3 N–H and O–H groups in total. The molecule has 0 saturated carbocycles. The molecule has 11 nitrogen and oxygen atoms in total. The summed E-state index contributed by atoms with van der Waals surface area (Å²) in [5.74, 6) is -6.40. The fourth-order valence-electron chi connectivity index (χ4n) is 0.796. The third kappa shape index (κ3) is 18.3. The number of carboxylic acids is 4. The number of aliphatic hydroxyl groups is 2. The molecule has 0 aliphatic carbocycles. The van der Waals surface area contributed by atoms with E-state index in [0.29, 0.717) is 12.8 Å². The number of aliphatic carboxylic acids is 4. The van der Waals surface area contributed by atoms with Crippen molar-refractivity contribution in [1.29, 1.82) is 0 Å². The van der Waals surface area contributed by atoms with Crippen molar-refractivity contribution in [3.05, 3.63) is 0 Å². The van der Waals surface area contributed by atoms with Crippen LogP contribution in [0, 0.1) is 0 Å².